The van der Waals surface area contributed by atoms with Crippen LogP contribution in [0.4, 0.5) is 0 Å². The fourth-order valence-electron chi connectivity index (χ4n) is 3.53. The van der Waals surface area contributed by atoms with Gasteiger partial charge in [0.15, 0.2) is 0 Å². The first-order valence-electron chi connectivity index (χ1n) is 9.06. The molecular weight excluding hydrogens is 332 g/mol. The lowest BCUT2D eigenvalue weighted by atomic mass is 10.0. The van der Waals surface area contributed by atoms with E-state index >= 15 is 0 Å². The highest BCUT2D eigenvalue weighted by molar-refractivity contribution is 5.95. The first-order chi connectivity index (χ1) is 12.4. The van der Waals surface area contributed by atoms with E-state index in [0.717, 1.165) is 23.5 Å². The number of carbonyl (C=O) groups excluding carboxylic acids is 2. The number of hydrogen-bond acceptors (Lipinski definition) is 6. The van der Waals surface area contributed by atoms with E-state index < -0.39 is 0 Å². The molecule has 3 heterocycles. The Bertz CT molecular complexity index is 744. The van der Waals surface area contributed by atoms with E-state index in [0.29, 0.717) is 31.0 Å². The molecule has 2 unspecified atom stereocenters. The van der Waals surface area contributed by atoms with Crippen LogP contribution in [0, 0.1) is 12.8 Å². The van der Waals surface area contributed by atoms with E-state index in [2.05, 4.69) is 29.4 Å². The number of carbonyl (C=O) groups is 2. The smallest absolute Gasteiger partial charge is 0.337 e. The van der Waals surface area contributed by atoms with E-state index in [9.17, 15) is 9.59 Å². The van der Waals surface area contributed by atoms with Gasteiger partial charge in [-0.1, -0.05) is 13.8 Å². The second-order valence-electron chi connectivity index (χ2n) is 7.33. The number of hydrogen-bond donors (Lipinski definition) is 1. The molecule has 2 atom stereocenters. The van der Waals surface area contributed by atoms with Crippen molar-refractivity contribution >= 4 is 17.6 Å². The molecule has 140 valence electrons. The van der Waals surface area contributed by atoms with Gasteiger partial charge in [-0.05, 0) is 31.4 Å². The van der Waals surface area contributed by atoms with Gasteiger partial charge >= 0.3 is 5.97 Å². The van der Waals surface area contributed by atoms with Gasteiger partial charge in [-0.3, -0.25) is 15.2 Å². The normalized spacial score (nSPS) is 22.3. The number of nitrogens with one attached hydrogen (secondary N) is 1. The Kier molecular flexibility index (Phi) is 5.25. The Labute approximate surface area is 153 Å². The maximum Gasteiger partial charge on any atom is 0.337 e. The molecule has 1 N–H and O–H groups in total. The average Bonchev–Trinajstić information content (AvgIpc) is 3.29. The highest BCUT2D eigenvalue weighted by atomic mass is 16.5. The van der Waals surface area contributed by atoms with Gasteiger partial charge in [0.25, 0.3) is 0 Å². The summed E-state index contributed by atoms with van der Waals surface area (Å²) >= 11 is 0. The molecule has 1 aromatic heterocycles. The molecule has 2 aliphatic heterocycles. The van der Waals surface area contributed by atoms with Crippen LogP contribution in [0.25, 0.3) is 0 Å². The van der Waals surface area contributed by atoms with Crippen molar-refractivity contribution in [3.8, 4) is 0 Å². The van der Waals surface area contributed by atoms with Crippen LogP contribution < -0.4 is 5.43 Å². The standard InChI is InChI=1S/C19H26N4O3/c1-11(2)15-9-17(22-21-15)18(24)23-6-5-13(10-23)16-8-14(19(25)26-4)7-12(3)20-16/h7-8,11,13,17,22H,5-6,9-10H2,1-4H3. The lowest BCUT2D eigenvalue weighted by Gasteiger charge is -2.20. The summed E-state index contributed by atoms with van der Waals surface area (Å²) < 4.78 is 4.81. The van der Waals surface area contributed by atoms with Crippen LogP contribution in [0.1, 0.15) is 54.4 Å². The van der Waals surface area contributed by atoms with Crippen LogP contribution >= 0.6 is 0 Å². The van der Waals surface area contributed by atoms with Gasteiger partial charge < -0.3 is 9.64 Å². The van der Waals surface area contributed by atoms with Gasteiger partial charge in [-0.2, -0.15) is 5.10 Å². The second-order valence-corrected chi connectivity index (χ2v) is 7.33. The Morgan fingerprint density at radius 2 is 2.12 bits per heavy atom. The number of methoxy groups -OCH3 is 1. The number of rotatable bonds is 4. The number of aryl methyl sites for hydroxylation is 1. The Morgan fingerprint density at radius 3 is 2.77 bits per heavy atom. The molecule has 1 saturated heterocycles. The summed E-state index contributed by atoms with van der Waals surface area (Å²) in [4.78, 5) is 31.1. The number of nitrogens with zero attached hydrogens (tertiary/aromatic N) is 3. The third kappa shape index (κ3) is 3.71. The SMILES string of the molecule is COC(=O)c1cc(C)nc(C2CCN(C(=O)C3CC(C(C)C)=NN3)C2)c1. The van der Waals surface area contributed by atoms with Crippen molar-refractivity contribution in [2.45, 2.75) is 45.6 Å². The molecule has 26 heavy (non-hydrogen) atoms. The van der Waals surface area contributed by atoms with E-state index in [1.165, 1.54) is 7.11 Å². The van der Waals surface area contributed by atoms with Gasteiger partial charge in [-0.25, -0.2) is 4.79 Å². The fraction of sp³-hybridized carbons (Fsp3) is 0.579. The monoisotopic (exact) mass is 358 g/mol. The minimum absolute atomic E-state index is 0.0905. The number of amides is 1. The zero-order valence-corrected chi connectivity index (χ0v) is 15.8. The molecule has 3 rings (SSSR count). The van der Waals surface area contributed by atoms with E-state index in [4.69, 9.17) is 4.74 Å². The molecule has 0 aliphatic carbocycles. The number of hydrazone groups is 1. The van der Waals surface area contributed by atoms with Crippen LogP contribution in [-0.2, 0) is 9.53 Å². The largest absolute Gasteiger partial charge is 0.465 e. The van der Waals surface area contributed by atoms with Crippen LogP contribution in [0.3, 0.4) is 0 Å². The van der Waals surface area contributed by atoms with Crippen LogP contribution in [0.5, 0.6) is 0 Å². The summed E-state index contributed by atoms with van der Waals surface area (Å²) in [5.41, 5.74) is 6.15. The van der Waals surface area contributed by atoms with E-state index in [1.54, 1.807) is 12.1 Å². The van der Waals surface area contributed by atoms with Gasteiger partial charge in [0.1, 0.15) is 6.04 Å². The summed E-state index contributed by atoms with van der Waals surface area (Å²) in [6, 6.07) is 3.24. The molecule has 7 nitrogen and oxygen atoms in total. The lowest BCUT2D eigenvalue weighted by molar-refractivity contribution is -0.132. The summed E-state index contributed by atoms with van der Waals surface area (Å²) in [6.07, 6.45) is 1.51. The first kappa shape index (κ1) is 18.4. The van der Waals surface area contributed by atoms with Crippen molar-refractivity contribution < 1.29 is 14.3 Å². The van der Waals surface area contributed by atoms with Gasteiger partial charge in [0.05, 0.1) is 12.7 Å². The summed E-state index contributed by atoms with van der Waals surface area (Å²) in [7, 11) is 1.37. The van der Waals surface area contributed by atoms with Crippen molar-refractivity contribution in [1.29, 1.82) is 0 Å². The maximum atomic E-state index is 12.8. The third-order valence-corrected chi connectivity index (χ3v) is 5.05. The number of aromatic nitrogens is 1. The summed E-state index contributed by atoms with van der Waals surface area (Å²) in [6.45, 7) is 7.34. The van der Waals surface area contributed by atoms with Crippen LogP contribution in [0.2, 0.25) is 0 Å². The summed E-state index contributed by atoms with van der Waals surface area (Å²) in [5.74, 6) is 0.206. The van der Waals surface area contributed by atoms with Crippen molar-refractivity contribution in [3.05, 3.63) is 29.1 Å². The molecule has 0 aromatic carbocycles. The molecular formula is C19H26N4O3. The molecule has 2 aliphatic rings. The number of pyridine rings is 1. The Morgan fingerprint density at radius 1 is 1.35 bits per heavy atom. The van der Waals surface area contributed by atoms with Gasteiger partial charge in [-0.15, -0.1) is 0 Å². The number of esters is 1. The van der Waals surface area contributed by atoms with Gasteiger partial charge in [0, 0.05) is 42.5 Å². The molecule has 0 spiro atoms. The average molecular weight is 358 g/mol. The van der Waals surface area contributed by atoms with Crippen molar-refractivity contribution in [3.63, 3.8) is 0 Å². The zero-order valence-electron chi connectivity index (χ0n) is 15.8. The van der Waals surface area contributed by atoms with Gasteiger partial charge in [0.2, 0.25) is 5.91 Å². The fourth-order valence-corrected chi connectivity index (χ4v) is 3.53. The predicted molar refractivity (Wildman–Crippen MR) is 98.1 cm³/mol. The number of ether oxygens (including phenoxy) is 1. The van der Waals surface area contributed by atoms with Crippen molar-refractivity contribution in [2.24, 2.45) is 11.0 Å². The maximum absolute atomic E-state index is 12.8. The van der Waals surface area contributed by atoms with Crippen LogP contribution in [0.15, 0.2) is 17.2 Å². The number of likely N-dealkylation sites (tertiary alicyclic amines) is 1. The zero-order chi connectivity index (χ0) is 18.8. The molecule has 1 amide bonds. The molecule has 1 aromatic rings. The molecule has 1 fully saturated rings. The first-order valence-corrected chi connectivity index (χ1v) is 9.06. The Balaban J connectivity index is 1.67. The van der Waals surface area contributed by atoms with Crippen molar-refractivity contribution in [2.75, 3.05) is 20.2 Å². The van der Waals surface area contributed by atoms with Crippen molar-refractivity contribution in [1.82, 2.24) is 15.3 Å². The van der Waals surface area contributed by atoms with E-state index in [-0.39, 0.29) is 23.8 Å². The highest BCUT2D eigenvalue weighted by Crippen LogP contribution is 2.28. The second kappa shape index (κ2) is 7.43. The minimum atomic E-state index is -0.365. The molecule has 0 saturated carbocycles. The molecule has 0 radical (unpaired) electrons. The quantitative estimate of drug-likeness (QED) is 0.831. The van der Waals surface area contributed by atoms with Crippen LogP contribution in [-0.4, -0.2) is 53.7 Å². The highest BCUT2D eigenvalue weighted by Gasteiger charge is 2.35. The predicted octanol–water partition coefficient (Wildman–Crippen LogP) is 1.87. The summed E-state index contributed by atoms with van der Waals surface area (Å²) in [5, 5.41) is 4.29. The van der Waals surface area contributed by atoms with E-state index in [1.807, 2.05) is 11.8 Å². The Hall–Kier alpha value is -2.44. The lowest BCUT2D eigenvalue weighted by Crippen LogP contribution is -2.42. The third-order valence-electron chi connectivity index (χ3n) is 5.05. The molecule has 0 bridgehead atoms. The minimum Gasteiger partial charge on any atom is -0.465 e. The topological polar surface area (TPSA) is 83.9 Å². The molecule has 7 heteroatoms.